The van der Waals surface area contributed by atoms with Crippen LogP contribution in [0.3, 0.4) is 0 Å². The van der Waals surface area contributed by atoms with Crippen molar-refractivity contribution >= 4 is 29.1 Å². The summed E-state index contributed by atoms with van der Waals surface area (Å²) in [5.41, 5.74) is 7.46. The summed E-state index contributed by atoms with van der Waals surface area (Å²) in [6.07, 6.45) is 8.96. The molecule has 5 N–H and O–H groups in total. The number of nitrogens with two attached hydrogens (primary N) is 1. The number of thiazole rings is 1. The van der Waals surface area contributed by atoms with Gasteiger partial charge in [0.2, 0.25) is 5.91 Å². The number of primary amides is 1. The second-order valence-electron chi connectivity index (χ2n) is 8.84. The average molecular weight is 495 g/mol. The van der Waals surface area contributed by atoms with Crippen LogP contribution >= 0.6 is 11.3 Å². The maximum absolute atomic E-state index is 12.7. The van der Waals surface area contributed by atoms with E-state index in [2.05, 4.69) is 25.8 Å². The molecule has 10 heteroatoms. The standard InChI is InChI=1S/C25H30N6O3S/c26-23(32)18(12-11-16-7-3-1-4-8-16)29-25(34)21-14-27-22(35-21)15-28-24(33)20-13-19(30-31-20)17-9-5-2-6-10-17/h2,5-6,9-10,13-14,16,18H,1,3-4,7-8,11-12,15H2,(H2,26,32)(H,28,33)(H,29,34)(H,30,31)/t18-/m0/s1. The molecule has 184 valence electrons. The number of hydrogen-bond acceptors (Lipinski definition) is 6. The van der Waals surface area contributed by atoms with Gasteiger partial charge in [0.05, 0.1) is 18.4 Å². The van der Waals surface area contributed by atoms with Crippen LogP contribution in [0, 0.1) is 5.92 Å². The fourth-order valence-electron chi connectivity index (χ4n) is 4.34. The van der Waals surface area contributed by atoms with Crippen LogP contribution in [0.1, 0.15) is 70.1 Å². The highest BCUT2D eigenvalue weighted by molar-refractivity contribution is 7.13. The molecule has 9 nitrogen and oxygen atoms in total. The van der Waals surface area contributed by atoms with E-state index in [1.165, 1.54) is 38.3 Å². The van der Waals surface area contributed by atoms with Gasteiger partial charge in [0.1, 0.15) is 21.6 Å². The van der Waals surface area contributed by atoms with E-state index in [0.717, 1.165) is 23.3 Å². The number of benzene rings is 1. The summed E-state index contributed by atoms with van der Waals surface area (Å²) in [5, 5.41) is 13.0. The molecule has 0 radical (unpaired) electrons. The van der Waals surface area contributed by atoms with Gasteiger partial charge in [0, 0.05) is 5.56 Å². The Morgan fingerprint density at radius 3 is 2.63 bits per heavy atom. The minimum atomic E-state index is -0.700. The molecule has 2 aromatic heterocycles. The summed E-state index contributed by atoms with van der Waals surface area (Å²) in [7, 11) is 0. The largest absolute Gasteiger partial charge is 0.368 e. The van der Waals surface area contributed by atoms with Crippen molar-refractivity contribution in [2.75, 3.05) is 0 Å². The minimum absolute atomic E-state index is 0.164. The number of hydrogen-bond donors (Lipinski definition) is 4. The molecule has 4 rings (SSSR count). The van der Waals surface area contributed by atoms with Gasteiger partial charge in [-0.3, -0.25) is 19.5 Å². The third kappa shape index (κ3) is 6.75. The molecule has 3 amide bonds. The maximum Gasteiger partial charge on any atom is 0.269 e. The molecule has 3 aromatic rings. The van der Waals surface area contributed by atoms with E-state index in [1.54, 1.807) is 6.07 Å². The molecule has 2 heterocycles. The third-order valence-electron chi connectivity index (χ3n) is 6.31. The van der Waals surface area contributed by atoms with Gasteiger partial charge in [-0.2, -0.15) is 5.10 Å². The summed E-state index contributed by atoms with van der Waals surface area (Å²) < 4.78 is 0. The van der Waals surface area contributed by atoms with Crippen LogP contribution in [0.15, 0.2) is 42.6 Å². The summed E-state index contributed by atoms with van der Waals surface area (Å²) in [6, 6.07) is 10.5. The molecule has 1 saturated carbocycles. The van der Waals surface area contributed by atoms with E-state index in [9.17, 15) is 14.4 Å². The Balaban J connectivity index is 1.27. The first-order valence-electron chi connectivity index (χ1n) is 11.9. The molecule has 0 bridgehead atoms. The number of H-pyrrole nitrogens is 1. The summed E-state index contributed by atoms with van der Waals surface area (Å²) >= 11 is 1.16. The van der Waals surface area contributed by atoms with Gasteiger partial charge in [-0.05, 0) is 24.8 Å². The Morgan fingerprint density at radius 1 is 1.11 bits per heavy atom. The second-order valence-corrected chi connectivity index (χ2v) is 9.96. The van der Waals surface area contributed by atoms with Crippen molar-refractivity contribution in [1.29, 1.82) is 0 Å². The van der Waals surface area contributed by atoms with E-state index >= 15 is 0 Å². The molecular formula is C25H30N6O3S. The van der Waals surface area contributed by atoms with Gasteiger partial charge in [0.15, 0.2) is 0 Å². The highest BCUT2D eigenvalue weighted by Crippen LogP contribution is 2.27. The number of nitrogens with zero attached hydrogens (tertiary/aromatic N) is 2. The molecule has 0 aliphatic heterocycles. The van der Waals surface area contributed by atoms with Crippen LogP contribution in [0.2, 0.25) is 0 Å². The molecular weight excluding hydrogens is 464 g/mol. The smallest absolute Gasteiger partial charge is 0.269 e. The second kappa shape index (κ2) is 11.7. The van der Waals surface area contributed by atoms with Crippen molar-refractivity contribution in [1.82, 2.24) is 25.8 Å². The Morgan fingerprint density at radius 2 is 1.89 bits per heavy atom. The lowest BCUT2D eigenvalue weighted by atomic mass is 9.85. The Labute approximate surface area is 207 Å². The van der Waals surface area contributed by atoms with Crippen molar-refractivity contribution in [3.05, 3.63) is 58.2 Å². The van der Waals surface area contributed by atoms with Gasteiger partial charge < -0.3 is 16.4 Å². The molecule has 1 atom stereocenters. The molecule has 1 aliphatic carbocycles. The van der Waals surface area contributed by atoms with Crippen molar-refractivity contribution in [2.45, 2.75) is 57.5 Å². The van der Waals surface area contributed by atoms with E-state index in [0.29, 0.717) is 33.6 Å². The number of aromatic amines is 1. The highest BCUT2D eigenvalue weighted by atomic mass is 32.1. The van der Waals surface area contributed by atoms with Gasteiger partial charge in [0.25, 0.3) is 11.8 Å². The number of amides is 3. The molecule has 1 fully saturated rings. The first-order chi connectivity index (χ1) is 17.0. The number of carbonyl (C=O) groups excluding carboxylic acids is 3. The predicted octanol–water partition coefficient (Wildman–Crippen LogP) is 3.41. The fourth-order valence-corrected chi connectivity index (χ4v) is 5.10. The lowest BCUT2D eigenvalue weighted by Crippen LogP contribution is -2.44. The maximum atomic E-state index is 12.7. The Kier molecular flexibility index (Phi) is 8.25. The molecule has 35 heavy (non-hydrogen) atoms. The van der Waals surface area contributed by atoms with Crippen LogP contribution in [0.4, 0.5) is 0 Å². The zero-order valence-electron chi connectivity index (χ0n) is 19.5. The summed E-state index contributed by atoms with van der Waals surface area (Å²) in [4.78, 5) is 41.6. The molecule has 0 spiro atoms. The monoisotopic (exact) mass is 494 g/mol. The SMILES string of the molecule is NC(=O)[C@H](CCC1CCCCC1)NC(=O)c1cnc(CNC(=O)c2cc(-c3ccccc3)n[nH]2)s1. The minimum Gasteiger partial charge on any atom is -0.368 e. The number of carbonyl (C=O) groups is 3. The Hall–Kier alpha value is -3.53. The molecule has 0 saturated heterocycles. The number of aromatic nitrogens is 3. The van der Waals surface area contributed by atoms with Crippen molar-refractivity contribution in [3.63, 3.8) is 0 Å². The zero-order chi connectivity index (χ0) is 24.6. The topological polar surface area (TPSA) is 143 Å². The molecule has 0 unspecified atom stereocenters. The average Bonchev–Trinajstić information content (AvgIpc) is 3.56. The highest BCUT2D eigenvalue weighted by Gasteiger charge is 2.23. The van der Waals surface area contributed by atoms with Crippen LogP contribution in [-0.4, -0.2) is 38.9 Å². The normalized spacial score (nSPS) is 14.9. The van der Waals surface area contributed by atoms with Gasteiger partial charge in [-0.15, -0.1) is 11.3 Å². The lowest BCUT2D eigenvalue weighted by Gasteiger charge is -2.23. The van der Waals surface area contributed by atoms with E-state index < -0.39 is 11.9 Å². The van der Waals surface area contributed by atoms with E-state index in [1.807, 2.05) is 30.3 Å². The van der Waals surface area contributed by atoms with Crippen LogP contribution < -0.4 is 16.4 Å². The molecule has 1 aliphatic rings. The fraction of sp³-hybridized carbons (Fsp3) is 0.400. The lowest BCUT2D eigenvalue weighted by molar-refractivity contribution is -0.120. The predicted molar refractivity (Wildman–Crippen MR) is 134 cm³/mol. The van der Waals surface area contributed by atoms with Crippen molar-refractivity contribution in [3.8, 4) is 11.3 Å². The van der Waals surface area contributed by atoms with Crippen LogP contribution in [0.5, 0.6) is 0 Å². The van der Waals surface area contributed by atoms with E-state index in [4.69, 9.17) is 5.73 Å². The number of nitrogens with one attached hydrogen (secondary N) is 3. The summed E-state index contributed by atoms with van der Waals surface area (Å²) in [5.74, 6) is -0.633. The quantitative estimate of drug-likeness (QED) is 0.342. The van der Waals surface area contributed by atoms with Gasteiger partial charge >= 0.3 is 0 Å². The van der Waals surface area contributed by atoms with Crippen molar-refractivity contribution in [2.24, 2.45) is 11.7 Å². The zero-order valence-corrected chi connectivity index (χ0v) is 20.3. The van der Waals surface area contributed by atoms with Gasteiger partial charge in [-0.25, -0.2) is 4.98 Å². The third-order valence-corrected chi connectivity index (χ3v) is 7.30. The Bertz CT molecular complexity index is 1150. The number of rotatable bonds is 10. The summed E-state index contributed by atoms with van der Waals surface area (Å²) in [6.45, 7) is 0.164. The first-order valence-corrected chi connectivity index (χ1v) is 12.7. The van der Waals surface area contributed by atoms with Crippen LogP contribution in [-0.2, 0) is 11.3 Å². The van der Waals surface area contributed by atoms with E-state index in [-0.39, 0.29) is 18.4 Å². The van der Waals surface area contributed by atoms with Gasteiger partial charge in [-0.1, -0.05) is 62.4 Å². The van der Waals surface area contributed by atoms with Crippen LogP contribution in [0.25, 0.3) is 11.3 Å². The van der Waals surface area contributed by atoms with Crippen molar-refractivity contribution < 1.29 is 14.4 Å². The molecule has 1 aromatic carbocycles. The first kappa shape index (κ1) is 24.6.